The lowest BCUT2D eigenvalue weighted by Crippen LogP contribution is -2.19. The minimum atomic E-state index is 0.358. The van der Waals surface area contributed by atoms with Gasteiger partial charge >= 0.3 is 0 Å². The first kappa shape index (κ1) is 29.9. The number of halogens is 1. The fourth-order valence-corrected chi connectivity index (χ4v) is 5.23. The first-order valence-corrected chi connectivity index (χ1v) is 15.0. The fourth-order valence-electron chi connectivity index (χ4n) is 4.96. The van der Waals surface area contributed by atoms with Crippen LogP contribution in [-0.2, 0) is 0 Å². The van der Waals surface area contributed by atoms with Crippen molar-refractivity contribution in [3.63, 3.8) is 0 Å². The Hall–Kier alpha value is -3.12. The van der Waals surface area contributed by atoms with Crippen LogP contribution >= 0.6 is 15.9 Å². The van der Waals surface area contributed by atoms with Crippen molar-refractivity contribution in [1.82, 2.24) is 19.8 Å². The molecule has 3 heterocycles. The standard InChI is InChI=1S/C19H22N2.C16H19BrN2/c1-16-7-9-17(10-8-16)18(19-6-2-3-12-20-19)11-15-21-13-4-5-14-21;1-19(2)12-10-15(16-5-3-4-11-18-16)13-6-8-14(17)9-7-13/h2-3,6-12H,4-5,13-15H2,1H3;3-9,11,15H,10,12H2,1-2H3/b18-11+;. The van der Waals surface area contributed by atoms with Gasteiger partial charge in [0.25, 0.3) is 0 Å². The van der Waals surface area contributed by atoms with Crippen molar-refractivity contribution in [2.24, 2.45) is 0 Å². The zero-order chi connectivity index (χ0) is 28.2. The lowest BCUT2D eigenvalue weighted by Gasteiger charge is -2.19. The molecule has 1 aliphatic rings. The Morgan fingerprint density at radius 3 is 2.15 bits per heavy atom. The smallest absolute Gasteiger partial charge is 0.0705 e. The summed E-state index contributed by atoms with van der Waals surface area (Å²) in [6.07, 6.45) is 9.81. The van der Waals surface area contributed by atoms with Crippen molar-refractivity contribution in [1.29, 1.82) is 0 Å². The van der Waals surface area contributed by atoms with Crippen molar-refractivity contribution in [3.05, 3.63) is 136 Å². The lowest BCUT2D eigenvalue weighted by molar-refractivity contribution is 0.377. The van der Waals surface area contributed by atoms with Crippen LogP contribution in [0.5, 0.6) is 0 Å². The summed E-state index contributed by atoms with van der Waals surface area (Å²) < 4.78 is 1.11. The van der Waals surface area contributed by atoms with Crippen LogP contribution in [0.3, 0.4) is 0 Å². The maximum atomic E-state index is 4.54. The van der Waals surface area contributed by atoms with Crippen LogP contribution in [0.1, 0.15) is 53.3 Å². The summed E-state index contributed by atoms with van der Waals surface area (Å²) in [5.74, 6) is 0.358. The molecule has 0 bridgehead atoms. The van der Waals surface area contributed by atoms with Crippen LogP contribution in [0, 0.1) is 6.92 Å². The minimum Gasteiger partial charge on any atom is -0.309 e. The third kappa shape index (κ3) is 9.22. The molecule has 0 radical (unpaired) electrons. The van der Waals surface area contributed by atoms with Gasteiger partial charge in [-0.1, -0.05) is 76.1 Å². The van der Waals surface area contributed by atoms with Gasteiger partial charge in [-0.3, -0.25) is 14.9 Å². The number of benzene rings is 2. The molecule has 1 fully saturated rings. The fraction of sp³-hybridized carbons (Fsp3) is 0.314. The van der Waals surface area contributed by atoms with E-state index in [0.717, 1.165) is 35.4 Å². The molecule has 1 atom stereocenters. The Bertz CT molecular complexity index is 1300. The van der Waals surface area contributed by atoms with E-state index in [1.165, 1.54) is 48.2 Å². The van der Waals surface area contributed by atoms with Gasteiger partial charge in [0.05, 0.1) is 5.69 Å². The predicted molar refractivity (Wildman–Crippen MR) is 172 cm³/mol. The molecule has 2 aromatic heterocycles. The van der Waals surface area contributed by atoms with Gasteiger partial charge in [0, 0.05) is 40.6 Å². The maximum Gasteiger partial charge on any atom is 0.0705 e. The van der Waals surface area contributed by atoms with E-state index >= 15 is 0 Å². The van der Waals surface area contributed by atoms with E-state index in [1.54, 1.807) is 0 Å². The van der Waals surface area contributed by atoms with Crippen LogP contribution in [0.25, 0.3) is 5.57 Å². The molecule has 2 aromatic carbocycles. The normalized spacial score (nSPS) is 14.6. The lowest BCUT2D eigenvalue weighted by atomic mass is 9.92. The first-order chi connectivity index (χ1) is 19.5. The highest BCUT2D eigenvalue weighted by Crippen LogP contribution is 2.28. The van der Waals surface area contributed by atoms with Crippen LogP contribution in [-0.4, -0.2) is 60.0 Å². The van der Waals surface area contributed by atoms with Crippen LogP contribution in [0.15, 0.2) is 108 Å². The number of pyridine rings is 2. The van der Waals surface area contributed by atoms with E-state index < -0.39 is 0 Å². The molecular weight excluding hydrogens is 556 g/mol. The Morgan fingerprint density at radius 1 is 0.875 bits per heavy atom. The van der Waals surface area contributed by atoms with E-state index in [2.05, 4.69) is 136 Å². The molecule has 4 aromatic rings. The second-order valence-electron chi connectivity index (χ2n) is 10.7. The Balaban J connectivity index is 0.000000186. The molecule has 0 aliphatic carbocycles. The molecule has 40 heavy (non-hydrogen) atoms. The van der Waals surface area contributed by atoms with Gasteiger partial charge in [-0.15, -0.1) is 0 Å². The third-order valence-electron chi connectivity index (χ3n) is 7.24. The first-order valence-electron chi connectivity index (χ1n) is 14.2. The summed E-state index contributed by atoms with van der Waals surface area (Å²) in [6.45, 7) is 6.63. The van der Waals surface area contributed by atoms with Crippen molar-refractivity contribution in [3.8, 4) is 0 Å². The van der Waals surface area contributed by atoms with Crippen LogP contribution < -0.4 is 0 Å². The average Bonchev–Trinajstić information content (AvgIpc) is 3.50. The average molecular weight is 598 g/mol. The van der Waals surface area contributed by atoms with Gasteiger partial charge in [0.1, 0.15) is 0 Å². The maximum absolute atomic E-state index is 4.54. The number of aromatic nitrogens is 2. The number of hydrogen-bond acceptors (Lipinski definition) is 4. The van der Waals surface area contributed by atoms with E-state index in [1.807, 2.05) is 24.5 Å². The zero-order valence-electron chi connectivity index (χ0n) is 24.0. The van der Waals surface area contributed by atoms with Crippen molar-refractivity contribution in [2.45, 2.75) is 32.1 Å². The highest BCUT2D eigenvalue weighted by atomic mass is 79.9. The zero-order valence-corrected chi connectivity index (χ0v) is 25.6. The largest absolute Gasteiger partial charge is 0.309 e. The molecular formula is C35H41BrN4. The SMILES string of the molecule is CN(C)CCC(c1ccc(Br)cc1)c1ccccn1.Cc1ccc(/C(=C\CN2CCCC2)c2ccccn2)cc1. The van der Waals surface area contributed by atoms with E-state index in [4.69, 9.17) is 0 Å². The molecule has 0 spiro atoms. The molecule has 4 nitrogen and oxygen atoms in total. The molecule has 1 saturated heterocycles. The number of hydrogen-bond donors (Lipinski definition) is 0. The quantitative estimate of drug-likeness (QED) is 0.197. The third-order valence-corrected chi connectivity index (χ3v) is 7.77. The van der Waals surface area contributed by atoms with E-state index in [0.29, 0.717) is 5.92 Å². The second-order valence-corrected chi connectivity index (χ2v) is 11.6. The summed E-state index contributed by atoms with van der Waals surface area (Å²) in [7, 11) is 4.22. The Morgan fingerprint density at radius 2 is 1.55 bits per heavy atom. The highest BCUT2D eigenvalue weighted by Gasteiger charge is 2.15. The molecule has 0 saturated carbocycles. The number of likely N-dealkylation sites (tertiary alicyclic amines) is 1. The van der Waals surface area contributed by atoms with Gasteiger partial charge in [0.2, 0.25) is 0 Å². The summed E-state index contributed by atoms with van der Waals surface area (Å²) in [5, 5.41) is 0. The van der Waals surface area contributed by atoms with Gasteiger partial charge < -0.3 is 4.90 Å². The molecule has 0 amide bonds. The summed E-state index contributed by atoms with van der Waals surface area (Å²) in [5.41, 5.74) is 7.30. The van der Waals surface area contributed by atoms with Gasteiger partial charge in [-0.05, 0) is 107 Å². The summed E-state index contributed by atoms with van der Waals surface area (Å²) in [4.78, 5) is 13.8. The topological polar surface area (TPSA) is 32.3 Å². The monoisotopic (exact) mass is 596 g/mol. The highest BCUT2D eigenvalue weighted by molar-refractivity contribution is 9.10. The van der Waals surface area contributed by atoms with Crippen molar-refractivity contribution >= 4 is 21.5 Å². The molecule has 0 N–H and O–H groups in total. The predicted octanol–water partition coefficient (Wildman–Crippen LogP) is 7.85. The van der Waals surface area contributed by atoms with Gasteiger partial charge in [-0.2, -0.15) is 0 Å². The number of nitrogens with zero attached hydrogens (tertiary/aromatic N) is 4. The summed E-state index contributed by atoms with van der Waals surface area (Å²) in [6, 6.07) is 29.5. The van der Waals surface area contributed by atoms with E-state index in [9.17, 15) is 0 Å². The van der Waals surface area contributed by atoms with Crippen molar-refractivity contribution in [2.75, 3.05) is 40.3 Å². The Kier molecular flexibility index (Phi) is 11.7. The van der Waals surface area contributed by atoms with Crippen molar-refractivity contribution < 1.29 is 0 Å². The molecule has 5 rings (SSSR count). The Labute approximate surface area is 248 Å². The number of aryl methyl sites for hydroxylation is 1. The van der Waals surface area contributed by atoms with Gasteiger partial charge in [-0.25, -0.2) is 0 Å². The molecule has 1 aliphatic heterocycles. The van der Waals surface area contributed by atoms with E-state index in [-0.39, 0.29) is 0 Å². The molecule has 5 heteroatoms. The second kappa shape index (κ2) is 15.6. The molecule has 1 unspecified atom stereocenters. The van der Waals surface area contributed by atoms with Gasteiger partial charge in [0.15, 0.2) is 0 Å². The van der Waals surface area contributed by atoms with Crippen LogP contribution in [0.2, 0.25) is 0 Å². The minimum absolute atomic E-state index is 0.358. The van der Waals surface area contributed by atoms with Crippen LogP contribution in [0.4, 0.5) is 0 Å². The molecule has 208 valence electrons. The number of rotatable bonds is 9. The summed E-state index contributed by atoms with van der Waals surface area (Å²) >= 11 is 3.49.